The van der Waals surface area contributed by atoms with Gasteiger partial charge >= 0.3 is 0 Å². The first-order valence-corrected chi connectivity index (χ1v) is 15.3. The zero-order valence-electron chi connectivity index (χ0n) is 21.9. The Labute approximate surface area is 227 Å². The maximum Gasteiger partial charge on any atom is 0.255 e. The van der Waals surface area contributed by atoms with Crippen molar-refractivity contribution in [1.82, 2.24) is 9.62 Å². The summed E-state index contributed by atoms with van der Waals surface area (Å²) in [7, 11) is 3.71. The van der Waals surface area contributed by atoms with Gasteiger partial charge in [-0.05, 0) is 67.5 Å². The van der Waals surface area contributed by atoms with E-state index in [0.717, 1.165) is 35.8 Å². The fourth-order valence-corrected chi connectivity index (χ4v) is 7.50. The van der Waals surface area contributed by atoms with Crippen molar-refractivity contribution in [1.29, 1.82) is 0 Å². The molecule has 1 aromatic heterocycles. The van der Waals surface area contributed by atoms with Gasteiger partial charge < -0.3 is 14.0 Å². The Morgan fingerprint density at radius 2 is 1.86 bits per heavy atom. The van der Waals surface area contributed by atoms with E-state index in [1.165, 1.54) is 56.2 Å². The van der Waals surface area contributed by atoms with Crippen LogP contribution in [0.3, 0.4) is 0 Å². The average Bonchev–Trinajstić information content (AvgIpc) is 3.31. The third-order valence-corrected chi connectivity index (χ3v) is 9.83. The van der Waals surface area contributed by atoms with Crippen molar-refractivity contribution < 1.29 is 13.6 Å². The molecule has 0 bridgehead atoms. The van der Waals surface area contributed by atoms with Crippen molar-refractivity contribution in [3.63, 3.8) is 0 Å². The van der Waals surface area contributed by atoms with Gasteiger partial charge in [0, 0.05) is 55.7 Å². The number of anilines is 1. The Morgan fingerprint density at radius 3 is 2.57 bits per heavy atom. The first-order chi connectivity index (χ1) is 18.0. The van der Waals surface area contributed by atoms with Crippen LogP contribution in [0.2, 0.25) is 0 Å². The Bertz CT molecular complexity index is 1240. The van der Waals surface area contributed by atoms with E-state index in [0.29, 0.717) is 28.4 Å². The van der Waals surface area contributed by atoms with Crippen LogP contribution in [0.15, 0.2) is 40.8 Å². The first kappa shape index (κ1) is 26.4. The third kappa shape index (κ3) is 5.66. The summed E-state index contributed by atoms with van der Waals surface area (Å²) in [6.07, 6.45) is 11.1. The standard InChI is InChI=1S/C29H36FN3O2S2/c1-31-29(34)27-24-16-23(20-8-7-15-33(18-20)37-22-9-5-4-6-10-22)25(32(2)36-3)17-26(24)35-28(27)19-11-13-21(30)14-12-19/h11-14,16-17,20,22H,4-10,15,18H2,1-3H3,(H,31,34)/t20-/m1/s1. The molecule has 0 spiro atoms. The fourth-order valence-electron chi connectivity index (χ4n) is 5.68. The fraction of sp³-hybridized carbons (Fsp3) is 0.483. The quantitative estimate of drug-likeness (QED) is 0.313. The van der Waals surface area contributed by atoms with Crippen LogP contribution in [0.25, 0.3) is 22.3 Å². The molecular formula is C29H36FN3O2S2. The number of furan rings is 1. The normalized spacial score (nSPS) is 19.3. The van der Waals surface area contributed by atoms with Crippen LogP contribution in [0.4, 0.5) is 10.1 Å². The zero-order valence-corrected chi connectivity index (χ0v) is 23.5. The minimum absolute atomic E-state index is 0.201. The van der Waals surface area contributed by atoms with Crippen LogP contribution >= 0.6 is 23.9 Å². The molecule has 1 amide bonds. The number of hydrogen-bond donors (Lipinski definition) is 1. The van der Waals surface area contributed by atoms with Crippen molar-refractivity contribution in [2.75, 3.05) is 37.7 Å². The Morgan fingerprint density at radius 1 is 1.11 bits per heavy atom. The van der Waals surface area contributed by atoms with Gasteiger partial charge in [-0.3, -0.25) is 4.79 Å². The molecule has 37 heavy (non-hydrogen) atoms. The summed E-state index contributed by atoms with van der Waals surface area (Å²) in [4.78, 5) is 13.1. The minimum Gasteiger partial charge on any atom is -0.455 e. The molecule has 0 unspecified atom stereocenters. The van der Waals surface area contributed by atoms with Gasteiger partial charge in [-0.15, -0.1) is 0 Å². The molecule has 1 atom stereocenters. The molecule has 2 aliphatic rings. The Kier molecular flexibility index (Phi) is 8.37. The van der Waals surface area contributed by atoms with Crippen LogP contribution in [0.1, 0.15) is 66.8 Å². The van der Waals surface area contributed by atoms with E-state index in [2.05, 4.69) is 51.3 Å². The van der Waals surface area contributed by atoms with E-state index in [9.17, 15) is 9.18 Å². The number of carbonyl (C=O) groups is 1. The van der Waals surface area contributed by atoms with E-state index >= 15 is 0 Å². The number of nitrogens with one attached hydrogen (secondary N) is 1. The molecule has 0 radical (unpaired) electrons. The number of hydrogen-bond acceptors (Lipinski definition) is 6. The van der Waals surface area contributed by atoms with Crippen molar-refractivity contribution >= 4 is 46.5 Å². The number of rotatable bonds is 7. The highest BCUT2D eigenvalue weighted by Crippen LogP contribution is 2.43. The van der Waals surface area contributed by atoms with Crippen LogP contribution < -0.4 is 9.62 Å². The van der Waals surface area contributed by atoms with Gasteiger partial charge in [0.05, 0.1) is 11.3 Å². The SMILES string of the molecule is CNC(=O)c1c(-c2ccc(F)cc2)oc2cc(N(C)SC)c([C@@H]3CCCN(SC4CCCCC4)C3)cc12. The summed E-state index contributed by atoms with van der Waals surface area (Å²) in [6, 6.07) is 10.4. The predicted molar refractivity (Wildman–Crippen MR) is 155 cm³/mol. The van der Waals surface area contributed by atoms with Crippen LogP contribution in [0.5, 0.6) is 0 Å². The van der Waals surface area contributed by atoms with Crippen LogP contribution in [-0.4, -0.2) is 48.9 Å². The smallest absolute Gasteiger partial charge is 0.255 e. The number of nitrogens with zero attached hydrogens (tertiary/aromatic N) is 2. The molecule has 1 N–H and O–H groups in total. The summed E-state index contributed by atoms with van der Waals surface area (Å²) in [5.74, 6) is 0.330. The number of fused-ring (bicyclic) bond motifs is 1. The highest BCUT2D eigenvalue weighted by molar-refractivity contribution is 7.99. The average molecular weight is 542 g/mol. The molecule has 2 aromatic carbocycles. The molecule has 5 rings (SSSR count). The van der Waals surface area contributed by atoms with Gasteiger partial charge in [-0.1, -0.05) is 43.2 Å². The lowest BCUT2D eigenvalue weighted by atomic mass is 9.89. The Balaban J connectivity index is 1.56. The number of carbonyl (C=O) groups excluding carboxylic acids is 1. The second kappa shape index (κ2) is 11.7. The molecule has 1 aliphatic heterocycles. The van der Waals surface area contributed by atoms with Gasteiger partial charge in [0.2, 0.25) is 0 Å². The topological polar surface area (TPSA) is 48.7 Å². The number of piperidine rings is 1. The zero-order chi connectivity index (χ0) is 25.9. The second-order valence-corrected chi connectivity index (χ2v) is 12.4. The molecule has 1 saturated carbocycles. The predicted octanol–water partition coefficient (Wildman–Crippen LogP) is 7.47. The summed E-state index contributed by atoms with van der Waals surface area (Å²) in [6.45, 7) is 2.15. The molecule has 1 aliphatic carbocycles. The summed E-state index contributed by atoms with van der Waals surface area (Å²) < 4.78 is 24.7. The monoisotopic (exact) mass is 541 g/mol. The second-order valence-electron chi connectivity index (χ2n) is 10.1. The largest absolute Gasteiger partial charge is 0.455 e. The molecular weight excluding hydrogens is 505 g/mol. The van der Waals surface area contributed by atoms with E-state index in [1.807, 2.05) is 0 Å². The van der Waals surface area contributed by atoms with Crippen LogP contribution in [-0.2, 0) is 0 Å². The number of amides is 1. The van der Waals surface area contributed by atoms with E-state index in [4.69, 9.17) is 4.42 Å². The van der Waals surface area contributed by atoms with Crippen molar-refractivity contribution in [2.24, 2.45) is 0 Å². The van der Waals surface area contributed by atoms with Crippen molar-refractivity contribution in [3.05, 3.63) is 53.3 Å². The van der Waals surface area contributed by atoms with Crippen LogP contribution in [0, 0.1) is 5.82 Å². The van der Waals surface area contributed by atoms with Gasteiger partial charge in [0.25, 0.3) is 5.91 Å². The third-order valence-electron chi connectivity index (χ3n) is 7.69. The summed E-state index contributed by atoms with van der Waals surface area (Å²) in [5.41, 5.74) is 4.24. The highest BCUT2D eigenvalue weighted by atomic mass is 32.2. The molecule has 2 heterocycles. The van der Waals surface area contributed by atoms with Gasteiger partial charge in [-0.25, -0.2) is 8.70 Å². The van der Waals surface area contributed by atoms with Gasteiger partial charge in [0.15, 0.2) is 0 Å². The Hall–Kier alpha value is -2.16. The molecule has 3 aromatic rings. The maximum absolute atomic E-state index is 13.6. The van der Waals surface area contributed by atoms with E-state index in [1.54, 1.807) is 31.1 Å². The van der Waals surface area contributed by atoms with Gasteiger partial charge in [-0.2, -0.15) is 0 Å². The summed E-state index contributed by atoms with van der Waals surface area (Å²) >= 11 is 3.74. The number of halogens is 1. The maximum atomic E-state index is 13.6. The van der Waals surface area contributed by atoms with E-state index in [-0.39, 0.29) is 11.7 Å². The molecule has 5 nitrogen and oxygen atoms in total. The van der Waals surface area contributed by atoms with Crippen molar-refractivity contribution in [2.45, 2.75) is 56.1 Å². The molecule has 1 saturated heterocycles. The minimum atomic E-state index is -0.319. The molecule has 8 heteroatoms. The molecule has 2 fully saturated rings. The first-order valence-electron chi connectivity index (χ1n) is 13.3. The molecule has 198 valence electrons. The lowest BCUT2D eigenvalue weighted by Crippen LogP contribution is -2.32. The van der Waals surface area contributed by atoms with Gasteiger partial charge in [0.1, 0.15) is 17.2 Å². The summed E-state index contributed by atoms with van der Waals surface area (Å²) in [5, 5.41) is 4.34. The van der Waals surface area contributed by atoms with E-state index < -0.39 is 0 Å². The lowest BCUT2D eigenvalue weighted by molar-refractivity contribution is 0.0964. The van der Waals surface area contributed by atoms with Crippen molar-refractivity contribution in [3.8, 4) is 11.3 Å². The lowest BCUT2D eigenvalue weighted by Gasteiger charge is -2.36. The highest BCUT2D eigenvalue weighted by Gasteiger charge is 2.30. The number of benzene rings is 2.